The van der Waals surface area contributed by atoms with Gasteiger partial charge in [-0.15, -0.1) is 11.8 Å². The van der Waals surface area contributed by atoms with Crippen molar-refractivity contribution >= 4 is 35.2 Å². The third-order valence-corrected chi connectivity index (χ3v) is 4.27. The van der Waals surface area contributed by atoms with Crippen LogP contribution in [0.15, 0.2) is 53.4 Å². The van der Waals surface area contributed by atoms with Crippen molar-refractivity contribution in [1.29, 1.82) is 0 Å². The molecule has 0 aliphatic rings. The molecule has 0 unspecified atom stereocenters. The van der Waals surface area contributed by atoms with Crippen LogP contribution < -0.4 is 15.8 Å². The van der Waals surface area contributed by atoms with Gasteiger partial charge in [0.05, 0.1) is 24.1 Å². The molecule has 0 atom stereocenters. The largest absolute Gasteiger partial charge is 0.497 e. The molecule has 3 N–H and O–H groups in total. The summed E-state index contributed by atoms with van der Waals surface area (Å²) in [6.07, 6.45) is 0. The van der Waals surface area contributed by atoms with Crippen molar-refractivity contribution in [3.05, 3.63) is 54.1 Å². The minimum Gasteiger partial charge on any atom is -0.497 e. The summed E-state index contributed by atoms with van der Waals surface area (Å²) in [6.45, 7) is -0.440. The van der Waals surface area contributed by atoms with Gasteiger partial charge in [0.15, 0.2) is 6.61 Å². The normalized spacial score (nSPS) is 10.0. The van der Waals surface area contributed by atoms with Crippen LogP contribution in [0.5, 0.6) is 5.75 Å². The Morgan fingerprint density at radius 3 is 2.62 bits per heavy atom. The van der Waals surface area contributed by atoms with E-state index in [1.54, 1.807) is 42.5 Å². The van der Waals surface area contributed by atoms with Crippen molar-refractivity contribution in [2.75, 3.05) is 24.8 Å². The van der Waals surface area contributed by atoms with E-state index in [0.717, 1.165) is 0 Å². The van der Waals surface area contributed by atoms with Gasteiger partial charge in [0.25, 0.3) is 5.91 Å². The van der Waals surface area contributed by atoms with Crippen LogP contribution in [0, 0.1) is 0 Å². The maximum Gasteiger partial charge on any atom is 0.338 e. The maximum atomic E-state index is 12.0. The predicted octanol–water partition coefficient (Wildman–Crippen LogP) is 2.07. The Morgan fingerprint density at radius 2 is 1.88 bits per heavy atom. The first kappa shape index (κ1) is 19.3. The van der Waals surface area contributed by atoms with Crippen LogP contribution in [0.3, 0.4) is 0 Å². The third kappa shape index (κ3) is 5.82. The monoisotopic (exact) mass is 374 g/mol. The molecule has 0 bridgehead atoms. The number of ether oxygens (including phenoxy) is 2. The molecule has 2 rings (SSSR count). The van der Waals surface area contributed by atoms with Crippen LogP contribution in [-0.4, -0.2) is 37.3 Å². The van der Waals surface area contributed by atoms with Gasteiger partial charge in [-0.05, 0) is 30.3 Å². The van der Waals surface area contributed by atoms with Crippen LogP contribution in [0.2, 0.25) is 0 Å². The highest BCUT2D eigenvalue weighted by Crippen LogP contribution is 2.26. The zero-order valence-electron chi connectivity index (χ0n) is 14.1. The van der Waals surface area contributed by atoms with Gasteiger partial charge >= 0.3 is 5.97 Å². The van der Waals surface area contributed by atoms with E-state index in [9.17, 15) is 14.4 Å². The van der Waals surface area contributed by atoms with E-state index < -0.39 is 24.4 Å². The molecular formula is C18H18N2O5S. The fourth-order valence-electron chi connectivity index (χ4n) is 2.00. The van der Waals surface area contributed by atoms with Crippen molar-refractivity contribution in [2.45, 2.75) is 4.90 Å². The Kier molecular flexibility index (Phi) is 7.04. The first-order valence-corrected chi connectivity index (χ1v) is 8.59. The number of rotatable bonds is 8. The number of hydrogen-bond acceptors (Lipinski definition) is 6. The highest BCUT2D eigenvalue weighted by atomic mass is 32.2. The van der Waals surface area contributed by atoms with E-state index in [2.05, 4.69) is 5.32 Å². The summed E-state index contributed by atoms with van der Waals surface area (Å²) in [5.74, 6) is -0.964. The number of esters is 1. The molecule has 0 aliphatic carbocycles. The first-order valence-electron chi connectivity index (χ1n) is 7.60. The summed E-state index contributed by atoms with van der Waals surface area (Å²) in [6, 6.07) is 13.4. The van der Waals surface area contributed by atoms with Gasteiger partial charge in [-0.3, -0.25) is 9.59 Å². The molecule has 0 spiro atoms. The van der Waals surface area contributed by atoms with Gasteiger partial charge in [0.2, 0.25) is 5.91 Å². The molecular weight excluding hydrogens is 356 g/mol. The number of anilines is 1. The van der Waals surface area contributed by atoms with Crippen LogP contribution in [0.25, 0.3) is 0 Å². The summed E-state index contributed by atoms with van der Waals surface area (Å²) >= 11 is 1.21. The van der Waals surface area contributed by atoms with Crippen LogP contribution in [0.4, 0.5) is 5.69 Å². The molecule has 0 fully saturated rings. The first-order chi connectivity index (χ1) is 12.5. The SMILES string of the molecule is COc1cccc(C(=O)OCC(=O)Nc2ccccc2SCC(N)=O)c1. The van der Waals surface area contributed by atoms with E-state index in [1.165, 1.54) is 24.9 Å². The Labute approximate surface area is 154 Å². The molecule has 0 saturated carbocycles. The Morgan fingerprint density at radius 1 is 1.12 bits per heavy atom. The Bertz CT molecular complexity index is 810. The van der Waals surface area contributed by atoms with Gasteiger partial charge in [-0.2, -0.15) is 0 Å². The average Bonchev–Trinajstić information content (AvgIpc) is 2.65. The minimum absolute atomic E-state index is 0.0950. The average molecular weight is 374 g/mol. The Hall–Kier alpha value is -3.00. The topological polar surface area (TPSA) is 108 Å². The quantitative estimate of drug-likeness (QED) is 0.541. The van der Waals surface area contributed by atoms with Crippen LogP contribution in [0.1, 0.15) is 10.4 Å². The summed E-state index contributed by atoms with van der Waals surface area (Å²) < 4.78 is 10.1. The fraction of sp³-hybridized carbons (Fsp3) is 0.167. The molecule has 0 saturated heterocycles. The van der Waals surface area contributed by atoms with Gasteiger partial charge < -0.3 is 20.5 Å². The lowest BCUT2D eigenvalue weighted by Gasteiger charge is -2.10. The minimum atomic E-state index is -0.629. The number of methoxy groups -OCH3 is 1. The number of nitrogens with two attached hydrogens (primary N) is 1. The molecule has 0 aliphatic heterocycles. The fourth-order valence-corrected chi connectivity index (χ4v) is 2.74. The second kappa shape index (κ2) is 9.47. The molecule has 2 aromatic rings. The lowest BCUT2D eigenvalue weighted by molar-refractivity contribution is -0.119. The van der Waals surface area contributed by atoms with Gasteiger partial charge in [0, 0.05) is 4.90 Å². The van der Waals surface area contributed by atoms with E-state index in [0.29, 0.717) is 16.3 Å². The number of carbonyl (C=O) groups excluding carboxylic acids is 3. The number of primary amides is 1. The third-order valence-electron chi connectivity index (χ3n) is 3.17. The summed E-state index contributed by atoms with van der Waals surface area (Å²) in [5.41, 5.74) is 5.94. The van der Waals surface area contributed by atoms with E-state index >= 15 is 0 Å². The summed E-state index contributed by atoms with van der Waals surface area (Å²) in [7, 11) is 1.49. The molecule has 0 radical (unpaired) electrons. The molecule has 7 nitrogen and oxygen atoms in total. The van der Waals surface area contributed by atoms with Gasteiger partial charge in [-0.25, -0.2) is 4.79 Å². The van der Waals surface area contributed by atoms with Crippen molar-refractivity contribution in [3.63, 3.8) is 0 Å². The lowest BCUT2D eigenvalue weighted by Crippen LogP contribution is -2.21. The molecule has 136 valence electrons. The van der Waals surface area contributed by atoms with Crippen LogP contribution >= 0.6 is 11.8 Å². The Balaban J connectivity index is 1.92. The smallest absolute Gasteiger partial charge is 0.338 e. The highest BCUT2D eigenvalue weighted by molar-refractivity contribution is 8.00. The predicted molar refractivity (Wildman–Crippen MR) is 98.3 cm³/mol. The lowest BCUT2D eigenvalue weighted by atomic mass is 10.2. The van der Waals surface area contributed by atoms with Crippen molar-refractivity contribution in [3.8, 4) is 5.75 Å². The van der Waals surface area contributed by atoms with Crippen molar-refractivity contribution in [2.24, 2.45) is 5.73 Å². The number of benzene rings is 2. The molecule has 8 heteroatoms. The van der Waals surface area contributed by atoms with Gasteiger partial charge in [-0.1, -0.05) is 18.2 Å². The number of amides is 2. The standard InChI is InChI=1S/C18H18N2O5S/c1-24-13-6-4-5-12(9-13)18(23)25-10-17(22)20-14-7-2-3-8-15(14)26-11-16(19)21/h2-9H,10-11H2,1H3,(H2,19,21)(H,20,22). The van der Waals surface area contributed by atoms with E-state index in [4.69, 9.17) is 15.2 Å². The molecule has 0 aromatic heterocycles. The number of hydrogen-bond donors (Lipinski definition) is 2. The summed E-state index contributed by atoms with van der Waals surface area (Å²) in [5, 5.41) is 2.65. The van der Waals surface area contributed by atoms with E-state index in [-0.39, 0.29) is 11.3 Å². The number of para-hydroxylation sites is 1. The van der Waals surface area contributed by atoms with Gasteiger partial charge in [0.1, 0.15) is 5.75 Å². The van der Waals surface area contributed by atoms with E-state index in [1.807, 2.05) is 0 Å². The van der Waals surface area contributed by atoms with Crippen molar-refractivity contribution < 1.29 is 23.9 Å². The second-order valence-electron chi connectivity index (χ2n) is 5.11. The van der Waals surface area contributed by atoms with Crippen LogP contribution in [-0.2, 0) is 14.3 Å². The zero-order chi connectivity index (χ0) is 18.9. The number of thioether (sulfide) groups is 1. The molecule has 26 heavy (non-hydrogen) atoms. The van der Waals surface area contributed by atoms with Crippen molar-refractivity contribution in [1.82, 2.24) is 0 Å². The number of nitrogens with one attached hydrogen (secondary N) is 1. The highest BCUT2D eigenvalue weighted by Gasteiger charge is 2.13. The molecule has 0 heterocycles. The maximum absolute atomic E-state index is 12.0. The summed E-state index contributed by atoms with van der Waals surface area (Å²) in [4.78, 5) is 35.7. The molecule has 2 amide bonds. The zero-order valence-corrected chi connectivity index (χ0v) is 14.9. The second-order valence-corrected chi connectivity index (χ2v) is 6.12. The molecule has 2 aromatic carbocycles. The number of carbonyl (C=O) groups is 3.